The molecule has 3 aromatic carbocycles. The number of benzene rings is 3. The number of halogens is 2. The molecule has 2 amide bonds. The predicted molar refractivity (Wildman–Crippen MR) is 149 cm³/mol. The first-order valence-electron chi connectivity index (χ1n) is 12.2. The van der Waals surface area contributed by atoms with Crippen LogP contribution in [0.1, 0.15) is 36.8 Å². The lowest BCUT2D eigenvalue weighted by Gasteiger charge is -2.32. The highest BCUT2D eigenvalue weighted by molar-refractivity contribution is 8.00. The molecule has 3 aromatic rings. The number of hydrogen-bond acceptors (Lipinski definition) is 3. The van der Waals surface area contributed by atoms with E-state index < -0.39 is 6.04 Å². The molecule has 0 aromatic heterocycles. The number of nitrogens with zero attached hydrogens (tertiary/aromatic N) is 1. The van der Waals surface area contributed by atoms with E-state index in [4.69, 9.17) is 23.2 Å². The maximum absolute atomic E-state index is 13.7. The van der Waals surface area contributed by atoms with E-state index in [9.17, 15) is 9.59 Å². The van der Waals surface area contributed by atoms with Gasteiger partial charge < -0.3 is 10.2 Å². The van der Waals surface area contributed by atoms with Gasteiger partial charge in [0.15, 0.2) is 0 Å². The molecule has 0 heterocycles. The number of carbonyl (C=O) groups excluding carboxylic acids is 2. The van der Waals surface area contributed by atoms with Crippen molar-refractivity contribution in [3.05, 3.63) is 100 Å². The summed E-state index contributed by atoms with van der Waals surface area (Å²) >= 11 is 13.9. The molecule has 0 bridgehead atoms. The van der Waals surface area contributed by atoms with Gasteiger partial charge in [0.2, 0.25) is 11.8 Å². The Labute approximate surface area is 227 Å². The molecule has 1 saturated carbocycles. The Bertz CT molecular complexity index is 1150. The molecule has 0 spiro atoms. The molecule has 188 valence electrons. The van der Waals surface area contributed by atoms with Crippen molar-refractivity contribution in [1.82, 2.24) is 10.2 Å². The summed E-state index contributed by atoms with van der Waals surface area (Å²) in [7, 11) is 0. The highest BCUT2D eigenvalue weighted by Crippen LogP contribution is 2.26. The molecule has 1 fully saturated rings. The zero-order valence-corrected chi connectivity index (χ0v) is 22.4. The number of carbonyl (C=O) groups is 2. The van der Waals surface area contributed by atoms with Gasteiger partial charge in [-0.1, -0.05) is 90.6 Å². The highest BCUT2D eigenvalue weighted by atomic mass is 35.5. The minimum atomic E-state index is -0.647. The van der Waals surface area contributed by atoms with E-state index in [2.05, 4.69) is 5.32 Å². The Morgan fingerprint density at radius 2 is 1.56 bits per heavy atom. The van der Waals surface area contributed by atoms with Gasteiger partial charge in [-0.15, -0.1) is 11.8 Å². The van der Waals surface area contributed by atoms with Crippen molar-refractivity contribution in [1.29, 1.82) is 0 Å². The van der Waals surface area contributed by atoms with E-state index in [0.717, 1.165) is 41.7 Å². The molecule has 0 saturated heterocycles. The quantitative estimate of drug-likeness (QED) is 0.288. The van der Waals surface area contributed by atoms with Crippen LogP contribution < -0.4 is 5.32 Å². The summed E-state index contributed by atoms with van der Waals surface area (Å²) in [6.07, 6.45) is 4.63. The zero-order valence-electron chi connectivity index (χ0n) is 20.0. The van der Waals surface area contributed by atoms with Crippen LogP contribution in [-0.4, -0.2) is 34.6 Å². The molecule has 1 aliphatic rings. The van der Waals surface area contributed by atoms with Gasteiger partial charge in [-0.25, -0.2) is 0 Å². The second-order valence-electron chi connectivity index (χ2n) is 9.07. The van der Waals surface area contributed by atoms with Gasteiger partial charge in [0.05, 0.1) is 15.8 Å². The van der Waals surface area contributed by atoms with Crippen LogP contribution in [-0.2, 0) is 22.6 Å². The Morgan fingerprint density at radius 3 is 2.22 bits per heavy atom. The lowest BCUT2D eigenvalue weighted by atomic mass is 10.0. The minimum Gasteiger partial charge on any atom is -0.352 e. The van der Waals surface area contributed by atoms with Crippen LogP contribution >= 0.6 is 35.0 Å². The molecule has 1 N–H and O–H groups in total. The predicted octanol–water partition coefficient (Wildman–Crippen LogP) is 6.78. The highest BCUT2D eigenvalue weighted by Gasteiger charge is 2.32. The zero-order chi connectivity index (χ0) is 25.3. The van der Waals surface area contributed by atoms with E-state index in [1.807, 2.05) is 66.7 Å². The monoisotopic (exact) mass is 540 g/mol. The summed E-state index contributed by atoms with van der Waals surface area (Å²) in [5.74, 6) is 0.0224. The van der Waals surface area contributed by atoms with Crippen LogP contribution in [0.3, 0.4) is 0 Å². The van der Waals surface area contributed by atoms with Crippen LogP contribution in [0.2, 0.25) is 10.0 Å². The van der Waals surface area contributed by atoms with Crippen molar-refractivity contribution in [2.24, 2.45) is 0 Å². The molecule has 4 rings (SSSR count). The molecule has 36 heavy (non-hydrogen) atoms. The van der Waals surface area contributed by atoms with E-state index >= 15 is 0 Å². The molecule has 4 nitrogen and oxygen atoms in total. The fraction of sp³-hybridized carbons (Fsp3) is 0.310. The lowest BCUT2D eigenvalue weighted by Crippen LogP contribution is -2.52. The van der Waals surface area contributed by atoms with Crippen molar-refractivity contribution in [3.8, 4) is 0 Å². The molecular weight excluding hydrogens is 511 g/mol. The topological polar surface area (TPSA) is 49.4 Å². The number of amides is 2. The van der Waals surface area contributed by atoms with Gasteiger partial charge in [0.1, 0.15) is 6.04 Å². The smallest absolute Gasteiger partial charge is 0.243 e. The average molecular weight is 542 g/mol. The van der Waals surface area contributed by atoms with Gasteiger partial charge in [0.25, 0.3) is 0 Å². The van der Waals surface area contributed by atoms with Gasteiger partial charge in [-0.2, -0.15) is 0 Å². The average Bonchev–Trinajstić information content (AvgIpc) is 3.41. The van der Waals surface area contributed by atoms with Gasteiger partial charge in [-0.05, 0) is 48.2 Å². The third-order valence-corrected chi connectivity index (χ3v) is 8.15. The van der Waals surface area contributed by atoms with E-state index in [1.165, 1.54) is 11.8 Å². The van der Waals surface area contributed by atoms with Crippen molar-refractivity contribution >= 4 is 46.8 Å². The number of hydrogen-bond donors (Lipinski definition) is 1. The van der Waals surface area contributed by atoms with Gasteiger partial charge in [0, 0.05) is 23.9 Å². The van der Waals surface area contributed by atoms with Crippen molar-refractivity contribution in [3.63, 3.8) is 0 Å². The molecule has 1 aliphatic carbocycles. The summed E-state index contributed by atoms with van der Waals surface area (Å²) in [4.78, 5) is 30.1. The summed E-state index contributed by atoms with van der Waals surface area (Å²) in [5.41, 5.74) is 1.83. The van der Waals surface area contributed by atoms with E-state index in [-0.39, 0.29) is 30.2 Å². The molecule has 1 atom stereocenters. The molecule has 0 aliphatic heterocycles. The molecule has 7 heteroatoms. The molecule has 0 radical (unpaired) electrons. The first-order valence-corrected chi connectivity index (χ1v) is 14.0. The van der Waals surface area contributed by atoms with E-state index in [0.29, 0.717) is 16.5 Å². The van der Waals surface area contributed by atoms with Gasteiger partial charge >= 0.3 is 0 Å². The standard InChI is InChI=1S/C29H30Cl2N2O2S/c30-25-16-15-22(17-26(25)31)19-33(28(34)20-36-24-13-5-2-6-14-24)27(18-21-9-3-1-4-10-21)29(35)32-23-11-7-8-12-23/h1-6,9-10,13-17,23,27H,7-8,11-12,18-20H2,(H,32,35). The SMILES string of the molecule is O=C(NC1CCCC1)C(Cc1ccccc1)N(Cc1ccc(Cl)c(Cl)c1)C(=O)CSc1ccccc1. The maximum Gasteiger partial charge on any atom is 0.243 e. The Balaban J connectivity index is 1.62. The third kappa shape index (κ3) is 7.52. The largest absolute Gasteiger partial charge is 0.352 e. The van der Waals surface area contributed by atoms with Crippen LogP contribution in [0.4, 0.5) is 0 Å². The fourth-order valence-electron chi connectivity index (χ4n) is 4.50. The Morgan fingerprint density at radius 1 is 0.889 bits per heavy atom. The Hall–Kier alpha value is -2.47. The fourth-order valence-corrected chi connectivity index (χ4v) is 5.63. The van der Waals surface area contributed by atoms with Crippen LogP contribution in [0.25, 0.3) is 0 Å². The van der Waals surface area contributed by atoms with Crippen LogP contribution in [0.5, 0.6) is 0 Å². The van der Waals surface area contributed by atoms with Crippen molar-refractivity contribution in [2.75, 3.05) is 5.75 Å². The second-order valence-corrected chi connectivity index (χ2v) is 10.9. The first kappa shape index (κ1) is 26.6. The number of rotatable bonds is 10. The summed E-state index contributed by atoms with van der Waals surface area (Å²) in [6, 6.07) is 24.5. The summed E-state index contributed by atoms with van der Waals surface area (Å²) < 4.78 is 0. The van der Waals surface area contributed by atoms with Gasteiger partial charge in [-0.3, -0.25) is 9.59 Å². The lowest BCUT2D eigenvalue weighted by molar-refractivity contribution is -0.139. The third-order valence-electron chi connectivity index (χ3n) is 6.42. The van der Waals surface area contributed by atoms with Crippen molar-refractivity contribution < 1.29 is 9.59 Å². The maximum atomic E-state index is 13.7. The van der Waals surface area contributed by atoms with Crippen molar-refractivity contribution in [2.45, 2.75) is 55.6 Å². The summed E-state index contributed by atoms with van der Waals surface area (Å²) in [6.45, 7) is 0.265. The second kappa shape index (κ2) is 13.2. The van der Waals surface area contributed by atoms with Crippen LogP contribution in [0.15, 0.2) is 83.8 Å². The van der Waals surface area contributed by atoms with Crippen LogP contribution in [0, 0.1) is 0 Å². The molecule has 1 unspecified atom stereocenters. The first-order chi connectivity index (χ1) is 17.5. The Kier molecular flexibility index (Phi) is 9.74. The number of nitrogens with one attached hydrogen (secondary N) is 1. The van der Waals surface area contributed by atoms with E-state index in [1.54, 1.807) is 17.0 Å². The molecular formula is C29H30Cl2N2O2S. The number of thioether (sulfide) groups is 1. The normalized spacial score (nSPS) is 14.4. The summed E-state index contributed by atoms with van der Waals surface area (Å²) in [5, 5.41) is 4.11. The minimum absolute atomic E-state index is 0.0996.